The Balaban J connectivity index is 2.23. The highest BCUT2D eigenvalue weighted by atomic mass is 32.2. The van der Waals surface area contributed by atoms with E-state index < -0.39 is 21.2 Å². The molecule has 0 saturated carbocycles. The molecule has 0 aliphatic heterocycles. The second kappa shape index (κ2) is 8.46. The van der Waals surface area contributed by atoms with Gasteiger partial charge in [-0.2, -0.15) is 4.31 Å². The van der Waals surface area contributed by atoms with Crippen LogP contribution in [-0.2, 0) is 14.8 Å². The summed E-state index contributed by atoms with van der Waals surface area (Å²) in [6.07, 6.45) is 1.32. The molecule has 2 rings (SSSR count). The van der Waals surface area contributed by atoms with Gasteiger partial charge in [0.2, 0.25) is 15.9 Å². The predicted octanol–water partition coefficient (Wildman–Crippen LogP) is 2.43. The average molecular weight is 380 g/mol. The quantitative estimate of drug-likeness (QED) is 0.711. The Morgan fingerprint density at radius 2 is 1.80 bits per heavy atom. The van der Waals surface area contributed by atoms with Gasteiger partial charge < -0.3 is 5.73 Å². The normalized spacial score (nSPS) is 12.9. The minimum atomic E-state index is -3.54. The van der Waals surface area contributed by atoms with Crippen molar-refractivity contribution in [2.45, 2.75) is 29.0 Å². The summed E-state index contributed by atoms with van der Waals surface area (Å²) in [6, 6.07) is 12.3. The van der Waals surface area contributed by atoms with E-state index in [1.54, 1.807) is 19.9 Å². The van der Waals surface area contributed by atoms with Crippen molar-refractivity contribution in [2.75, 3.05) is 13.1 Å². The topological polar surface area (TPSA) is 93.4 Å². The number of pyridine rings is 1. The Morgan fingerprint density at radius 3 is 2.28 bits per heavy atom. The number of sulfonamides is 1. The predicted molar refractivity (Wildman–Crippen MR) is 98.6 cm³/mol. The second-order valence-corrected chi connectivity index (χ2v) is 8.30. The van der Waals surface area contributed by atoms with Crippen LogP contribution in [0.4, 0.5) is 0 Å². The summed E-state index contributed by atoms with van der Waals surface area (Å²) >= 11 is 1.20. The molecular formula is C17H21N3O3S2. The molecule has 0 spiro atoms. The minimum absolute atomic E-state index is 0.135. The number of aromatic nitrogens is 1. The summed E-state index contributed by atoms with van der Waals surface area (Å²) in [5.41, 5.74) is 6.28. The fourth-order valence-corrected chi connectivity index (χ4v) is 4.66. The SMILES string of the molecule is CCN(CC)S(=O)(=O)c1ccc(SC(C(N)=O)c2ccccc2)nc1. The van der Waals surface area contributed by atoms with E-state index in [9.17, 15) is 13.2 Å². The zero-order chi connectivity index (χ0) is 18.4. The van der Waals surface area contributed by atoms with Gasteiger partial charge >= 0.3 is 0 Å². The van der Waals surface area contributed by atoms with E-state index in [1.807, 2.05) is 30.3 Å². The average Bonchev–Trinajstić information content (AvgIpc) is 2.61. The number of nitrogens with zero attached hydrogens (tertiary/aromatic N) is 2. The summed E-state index contributed by atoms with van der Waals surface area (Å²) < 4.78 is 26.3. The van der Waals surface area contributed by atoms with Gasteiger partial charge in [0.05, 0.1) is 5.03 Å². The molecule has 1 atom stereocenters. The van der Waals surface area contributed by atoms with Gasteiger partial charge in [-0.05, 0) is 17.7 Å². The molecule has 1 aromatic carbocycles. The summed E-state index contributed by atoms with van der Waals surface area (Å²) in [7, 11) is -3.54. The number of carbonyl (C=O) groups is 1. The van der Waals surface area contributed by atoms with Crippen molar-refractivity contribution in [2.24, 2.45) is 5.73 Å². The van der Waals surface area contributed by atoms with Gasteiger partial charge in [-0.3, -0.25) is 4.79 Å². The monoisotopic (exact) mass is 379 g/mol. The van der Waals surface area contributed by atoms with Crippen LogP contribution in [0.25, 0.3) is 0 Å². The van der Waals surface area contributed by atoms with Gasteiger partial charge in [0, 0.05) is 19.3 Å². The molecule has 1 unspecified atom stereocenters. The van der Waals surface area contributed by atoms with Crippen molar-refractivity contribution in [1.29, 1.82) is 0 Å². The van der Waals surface area contributed by atoms with Gasteiger partial charge in [0.25, 0.3) is 0 Å². The van der Waals surface area contributed by atoms with Crippen LogP contribution in [0.15, 0.2) is 58.6 Å². The van der Waals surface area contributed by atoms with Crippen molar-refractivity contribution >= 4 is 27.7 Å². The highest BCUT2D eigenvalue weighted by Crippen LogP contribution is 2.34. The number of nitrogens with two attached hydrogens (primary N) is 1. The third-order valence-electron chi connectivity index (χ3n) is 3.65. The summed E-state index contributed by atoms with van der Waals surface area (Å²) in [4.78, 5) is 16.1. The molecule has 8 heteroatoms. The number of thioether (sulfide) groups is 1. The van der Waals surface area contributed by atoms with Gasteiger partial charge in [0.1, 0.15) is 10.1 Å². The second-order valence-electron chi connectivity index (χ2n) is 5.23. The highest BCUT2D eigenvalue weighted by Gasteiger charge is 2.23. The van der Waals surface area contributed by atoms with E-state index in [4.69, 9.17) is 5.73 Å². The lowest BCUT2D eigenvalue weighted by Crippen LogP contribution is -2.30. The maximum atomic E-state index is 12.5. The van der Waals surface area contributed by atoms with Crippen LogP contribution >= 0.6 is 11.8 Å². The smallest absolute Gasteiger partial charge is 0.244 e. The summed E-state index contributed by atoms with van der Waals surface area (Å²) in [6.45, 7) is 4.37. The Kier molecular flexibility index (Phi) is 6.57. The van der Waals surface area contributed by atoms with E-state index in [2.05, 4.69) is 4.98 Å². The van der Waals surface area contributed by atoms with Crippen molar-refractivity contribution in [1.82, 2.24) is 9.29 Å². The fourth-order valence-electron chi connectivity index (χ4n) is 2.34. The van der Waals surface area contributed by atoms with E-state index in [-0.39, 0.29) is 4.90 Å². The number of hydrogen-bond acceptors (Lipinski definition) is 5. The molecule has 2 N–H and O–H groups in total. The zero-order valence-electron chi connectivity index (χ0n) is 14.1. The van der Waals surface area contributed by atoms with Crippen LogP contribution < -0.4 is 5.73 Å². The molecule has 0 aliphatic rings. The maximum absolute atomic E-state index is 12.5. The van der Waals surface area contributed by atoms with Crippen LogP contribution in [0, 0.1) is 0 Å². The lowest BCUT2D eigenvalue weighted by Gasteiger charge is -2.18. The number of rotatable bonds is 8. The van der Waals surface area contributed by atoms with Gasteiger partial charge in [-0.1, -0.05) is 55.9 Å². The van der Waals surface area contributed by atoms with Crippen molar-refractivity contribution in [3.05, 3.63) is 54.2 Å². The van der Waals surface area contributed by atoms with Crippen LogP contribution in [0.5, 0.6) is 0 Å². The molecule has 25 heavy (non-hydrogen) atoms. The Hall–Kier alpha value is -1.90. The lowest BCUT2D eigenvalue weighted by atomic mass is 10.1. The Bertz CT molecular complexity index is 805. The lowest BCUT2D eigenvalue weighted by molar-refractivity contribution is -0.117. The number of amides is 1. The molecule has 6 nitrogen and oxygen atoms in total. The molecule has 0 fully saturated rings. The van der Waals surface area contributed by atoms with E-state index in [0.29, 0.717) is 18.1 Å². The van der Waals surface area contributed by atoms with Crippen LogP contribution in [-0.4, -0.2) is 36.7 Å². The maximum Gasteiger partial charge on any atom is 0.244 e. The molecule has 0 saturated heterocycles. The fraction of sp³-hybridized carbons (Fsp3) is 0.294. The Labute approximate surface area is 152 Å². The van der Waals surface area contributed by atoms with E-state index in [1.165, 1.54) is 28.3 Å². The molecule has 0 aliphatic carbocycles. The Morgan fingerprint density at radius 1 is 1.16 bits per heavy atom. The largest absolute Gasteiger partial charge is 0.368 e. The molecule has 1 amide bonds. The third kappa shape index (κ3) is 4.59. The zero-order valence-corrected chi connectivity index (χ0v) is 15.8. The molecule has 1 aromatic heterocycles. The summed E-state index contributed by atoms with van der Waals surface area (Å²) in [5, 5.41) is -0.0508. The summed E-state index contributed by atoms with van der Waals surface area (Å²) in [5.74, 6) is -0.474. The first kappa shape index (κ1) is 19.4. The number of benzene rings is 1. The van der Waals surface area contributed by atoms with E-state index >= 15 is 0 Å². The molecule has 1 heterocycles. The number of carbonyl (C=O) groups excluding carboxylic acids is 1. The molecule has 2 aromatic rings. The first-order valence-corrected chi connectivity index (χ1v) is 10.2. The van der Waals surface area contributed by atoms with Gasteiger partial charge in [-0.25, -0.2) is 13.4 Å². The van der Waals surface area contributed by atoms with Crippen LogP contribution in [0.2, 0.25) is 0 Å². The number of primary amides is 1. The van der Waals surface area contributed by atoms with Gasteiger partial charge in [0.15, 0.2) is 0 Å². The number of hydrogen-bond donors (Lipinski definition) is 1. The molecular weight excluding hydrogens is 358 g/mol. The van der Waals surface area contributed by atoms with Crippen molar-refractivity contribution < 1.29 is 13.2 Å². The van der Waals surface area contributed by atoms with Crippen LogP contribution in [0.3, 0.4) is 0 Å². The van der Waals surface area contributed by atoms with Crippen molar-refractivity contribution in [3.8, 4) is 0 Å². The first-order chi connectivity index (χ1) is 11.9. The van der Waals surface area contributed by atoms with Crippen LogP contribution in [0.1, 0.15) is 24.7 Å². The van der Waals surface area contributed by atoms with Gasteiger partial charge in [-0.15, -0.1) is 0 Å². The van der Waals surface area contributed by atoms with E-state index in [0.717, 1.165) is 5.56 Å². The highest BCUT2D eigenvalue weighted by molar-refractivity contribution is 8.00. The minimum Gasteiger partial charge on any atom is -0.368 e. The standard InChI is InChI=1S/C17H21N3O3S2/c1-3-20(4-2)25(22,23)14-10-11-15(19-12-14)24-16(17(18)21)13-8-6-5-7-9-13/h5-12,16H,3-4H2,1-2H3,(H2,18,21). The molecule has 0 bridgehead atoms. The van der Waals surface area contributed by atoms with Crippen molar-refractivity contribution in [3.63, 3.8) is 0 Å². The first-order valence-electron chi connectivity index (χ1n) is 7.87. The third-order valence-corrected chi connectivity index (χ3v) is 6.91. The molecule has 0 radical (unpaired) electrons. The molecule has 134 valence electrons.